The van der Waals surface area contributed by atoms with Gasteiger partial charge >= 0.3 is 0 Å². The summed E-state index contributed by atoms with van der Waals surface area (Å²) in [6, 6.07) is 79.9. The molecule has 58 heavy (non-hydrogen) atoms. The maximum atomic E-state index is 5.39. The normalized spacial score (nSPS) is 13.0. The lowest BCUT2D eigenvalue weighted by atomic mass is 9.67. The molecule has 0 saturated heterocycles. The van der Waals surface area contributed by atoms with Gasteiger partial charge in [-0.3, -0.25) is 0 Å². The number of fused-ring (bicyclic) bond motifs is 10. The fourth-order valence-corrected chi connectivity index (χ4v) is 10.0. The van der Waals surface area contributed by atoms with Crippen molar-refractivity contribution < 1.29 is 0 Å². The maximum absolute atomic E-state index is 5.39. The van der Waals surface area contributed by atoms with Gasteiger partial charge in [-0.05, 0) is 80.2 Å². The van der Waals surface area contributed by atoms with Gasteiger partial charge in [0.05, 0.1) is 27.7 Å². The van der Waals surface area contributed by atoms with Gasteiger partial charge in [-0.1, -0.05) is 188 Å². The molecule has 12 rings (SSSR count). The molecule has 0 unspecified atom stereocenters. The number of hydrogen-bond acceptors (Lipinski definition) is 1. The van der Waals surface area contributed by atoms with E-state index in [4.69, 9.17) is 4.98 Å². The summed E-state index contributed by atoms with van der Waals surface area (Å²) in [7, 11) is 0. The Balaban J connectivity index is 1.13. The van der Waals surface area contributed by atoms with Crippen LogP contribution in [0.4, 0.5) is 0 Å². The highest BCUT2D eigenvalue weighted by Gasteiger charge is 2.46. The maximum Gasteiger partial charge on any atom is 0.0809 e. The Morgan fingerprint density at radius 1 is 0.379 bits per heavy atom. The molecule has 2 heterocycles. The summed E-state index contributed by atoms with van der Waals surface area (Å²) in [5.41, 5.74) is 16.2. The Kier molecular flexibility index (Phi) is 7.18. The van der Waals surface area contributed by atoms with Crippen molar-refractivity contribution in [1.82, 2.24) is 9.55 Å². The van der Waals surface area contributed by atoms with Crippen LogP contribution < -0.4 is 0 Å². The SMILES string of the molecule is c1ccc(-c2nc3ccccc3c3ccc4c5ccccc5n(-c5cccc(-c6ccc7c(c6)C(c6ccccc6)(c6ccccc6)c6ccccc6-7)c5)c4c23)cc1. The van der Waals surface area contributed by atoms with Crippen molar-refractivity contribution in [1.29, 1.82) is 0 Å². The average Bonchev–Trinajstić information content (AvgIpc) is 3.80. The lowest BCUT2D eigenvalue weighted by Crippen LogP contribution is -2.28. The first-order valence-corrected chi connectivity index (χ1v) is 20.1. The molecule has 0 N–H and O–H groups in total. The highest BCUT2D eigenvalue weighted by atomic mass is 15.0. The average molecular weight is 737 g/mol. The van der Waals surface area contributed by atoms with Crippen LogP contribution in [-0.2, 0) is 5.41 Å². The molecule has 2 aromatic heterocycles. The molecule has 0 spiro atoms. The fraction of sp³-hybridized carbons (Fsp3) is 0.0179. The van der Waals surface area contributed by atoms with E-state index < -0.39 is 5.41 Å². The molecule has 0 fully saturated rings. The van der Waals surface area contributed by atoms with Crippen LogP contribution in [0.2, 0.25) is 0 Å². The molecule has 2 nitrogen and oxygen atoms in total. The molecule has 11 aromatic rings. The van der Waals surface area contributed by atoms with Gasteiger partial charge in [0.15, 0.2) is 0 Å². The summed E-state index contributed by atoms with van der Waals surface area (Å²) >= 11 is 0. The number of rotatable bonds is 5. The molecule has 1 aliphatic rings. The topological polar surface area (TPSA) is 17.8 Å². The Morgan fingerprint density at radius 3 is 1.78 bits per heavy atom. The quantitative estimate of drug-likeness (QED) is 0.161. The van der Waals surface area contributed by atoms with Gasteiger partial charge < -0.3 is 4.57 Å². The summed E-state index contributed by atoms with van der Waals surface area (Å²) in [5.74, 6) is 0. The third-order valence-electron chi connectivity index (χ3n) is 12.4. The standard InChI is InChI=1S/C56H36N2/c1-4-17-37(18-5-1)54-53-47(45-26-11-14-29-51(45)57-54)33-34-48-46-27-12-15-30-52(46)58(55(48)53)42-24-16-19-38(35-42)39-31-32-44-43-25-10-13-28-49(43)56(50(44)36-39,40-20-6-2-7-21-40)41-22-8-3-9-23-41/h1-36H. The third-order valence-corrected chi connectivity index (χ3v) is 12.4. The minimum Gasteiger partial charge on any atom is -0.309 e. The second-order valence-corrected chi connectivity index (χ2v) is 15.4. The first-order chi connectivity index (χ1) is 28.8. The molecule has 9 aromatic carbocycles. The number of nitrogens with zero attached hydrogens (tertiary/aromatic N) is 2. The number of pyridine rings is 1. The summed E-state index contributed by atoms with van der Waals surface area (Å²) in [5, 5.41) is 5.96. The zero-order valence-electron chi connectivity index (χ0n) is 31.7. The summed E-state index contributed by atoms with van der Waals surface area (Å²) in [4.78, 5) is 5.39. The van der Waals surface area contributed by atoms with E-state index in [2.05, 4.69) is 223 Å². The second-order valence-electron chi connectivity index (χ2n) is 15.4. The van der Waals surface area contributed by atoms with Gasteiger partial charge in [0.2, 0.25) is 0 Å². The molecule has 2 heteroatoms. The molecule has 1 aliphatic carbocycles. The predicted molar refractivity (Wildman–Crippen MR) is 242 cm³/mol. The monoisotopic (exact) mass is 736 g/mol. The van der Waals surface area contributed by atoms with Gasteiger partial charge in [-0.2, -0.15) is 0 Å². The molecule has 0 bridgehead atoms. The van der Waals surface area contributed by atoms with Crippen LogP contribution in [0.3, 0.4) is 0 Å². The van der Waals surface area contributed by atoms with Crippen LogP contribution in [0, 0.1) is 0 Å². The van der Waals surface area contributed by atoms with E-state index in [1.807, 2.05) is 0 Å². The summed E-state index contributed by atoms with van der Waals surface area (Å²) in [6.45, 7) is 0. The molecular weight excluding hydrogens is 701 g/mol. The lowest BCUT2D eigenvalue weighted by Gasteiger charge is -2.34. The van der Waals surface area contributed by atoms with E-state index >= 15 is 0 Å². The number of para-hydroxylation sites is 2. The molecular formula is C56H36N2. The first-order valence-electron chi connectivity index (χ1n) is 20.1. The third kappa shape index (κ3) is 4.63. The Hall–Kier alpha value is -7.55. The minimum absolute atomic E-state index is 0.461. The molecule has 0 radical (unpaired) electrons. The van der Waals surface area contributed by atoms with Gasteiger partial charge in [0.1, 0.15) is 0 Å². The van der Waals surface area contributed by atoms with Gasteiger partial charge in [0, 0.05) is 32.8 Å². The Labute approximate surface area is 336 Å². The zero-order chi connectivity index (χ0) is 38.2. The van der Waals surface area contributed by atoms with E-state index in [1.54, 1.807) is 0 Å². The predicted octanol–water partition coefficient (Wildman–Crippen LogP) is 14.2. The van der Waals surface area contributed by atoms with Gasteiger partial charge in [-0.15, -0.1) is 0 Å². The van der Waals surface area contributed by atoms with Crippen LogP contribution in [0.1, 0.15) is 22.3 Å². The van der Waals surface area contributed by atoms with Crippen LogP contribution in [-0.4, -0.2) is 9.55 Å². The zero-order valence-corrected chi connectivity index (χ0v) is 31.7. The largest absolute Gasteiger partial charge is 0.309 e. The first kappa shape index (κ1) is 32.7. The van der Waals surface area contributed by atoms with Crippen molar-refractivity contribution in [2.45, 2.75) is 5.41 Å². The summed E-state index contributed by atoms with van der Waals surface area (Å²) in [6.07, 6.45) is 0. The van der Waals surface area contributed by atoms with E-state index in [-0.39, 0.29) is 0 Å². The van der Waals surface area contributed by atoms with Crippen LogP contribution in [0.15, 0.2) is 218 Å². The van der Waals surface area contributed by atoms with E-state index in [9.17, 15) is 0 Å². The van der Waals surface area contributed by atoms with E-state index in [0.717, 1.165) is 33.2 Å². The molecule has 270 valence electrons. The molecule has 0 aliphatic heterocycles. The highest BCUT2D eigenvalue weighted by molar-refractivity contribution is 6.25. The van der Waals surface area contributed by atoms with Crippen LogP contribution >= 0.6 is 0 Å². The van der Waals surface area contributed by atoms with Crippen molar-refractivity contribution in [3.8, 4) is 39.2 Å². The summed E-state index contributed by atoms with van der Waals surface area (Å²) < 4.78 is 2.47. The number of hydrogen-bond donors (Lipinski definition) is 0. The molecule has 0 amide bonds. The van der Waals surface area contributed by atoms with Gasteiger partial charge in [0.25, 0.3) is 0 Å². The van der Waals surface area contributed by atoms with E-state index in [0.29, 0.717) is 0 Å². The second kappa shape index (κ2) is 12.7. The molecule has 0 atom stereocenters. The number of aromatic nitrogens is 2. The molecule has 0 saturated carbocycles. The lowest BCUT2D eigenvalue weighted by molar-refractivity contribution is 0.769. The highest BCUT2D eigenvalue weighted by Crippen LogP contribution is 2.56. The smallest absolute Gasteiger partial charge is 0.0809 e. The van der Waals surface area contributed by atoms with Crippen molar-refractivity contribution in [2.75, 3.05) is 0 Å². The van der Waals surface area contributed by atoms with Crippen molar-refractivity contribution in [3.05, 3.63) is 241 Å². The Morgan fingerprint density at radius 2 is 0.983 bits per heavy atom. The fourth-order valence-electron chi connectivity index (χ4n) is 10.0. The van der Waals surface area contributed by atoms with E-state index in [1.165, 1.54) is 71.7 Å². The number of benzene rings is 9. The van der Waals surface area contributed by atoms with Crippen LogP contribution in [0.25, 0.3) is 82.7 Å². The van der Waals surface area contributed by atoms with Crippen LogP contribution in [0.5, 0.6) is 0 Å². The van der Waals surface area contributed by atoms with Crippen molar-refractivity contribution >= 4 is 43.5 Å². The van der Waals surface area contributed by atoms with Gasteiger partial charge in [-0.25, -0.2) is 4.98 Å². The van der Waals surface area contributed by atoms with Crippen molar-refractivity contribution in [2.24, 2.45) is 0 Å². The Bertz CT molecular complexity index is 3340. The van der Waals surface area contributed by atoms with Crippen molar-refractivity contribution in [3.63, 3.8) is 0 Å². The minimum atomic E-state index is -0.461.